The van der Waals surface area contributed by atoms with Gasteiger partial charge in [0, 0.05) is 0 Å². The molecule has 20 heavy (non-hydrogen) atoms. The van der Waals surface area contributed by atoms with Crippen molar-refractivity contribution in [1.82, 2.24) is 0 Å². The zero-order valence-corrected chi connectivity index (χ0v) is 12.8. The average Bonchev–Trinajstić information content (AvgIpc) is 2.39. The van der Waals surface area contributed by atoms with Crippen LogP contribution >= 0.6 is 0 Å². The molecule has 0 aromatic heterocycles. The van der Waals surface area contributed by atoms with Crippen LogP contribution in [0, 0.1) is 6.92 Å². The fraction of sp³-hybridized carbons (Fsp3) is 0.250. The van der Waals surface area contributed by atoms with E-state index in [-0.39, 0.29) is 10.8 Å². The van der Waals surface area contributed by atoms with E-state index in [4.69, 9.17) is 4.55 Å². The Kier molecular flexibility index (Phi) is 5.92. The first-order valence-corrected chi connectivity index (χ1v) is 7.84. The molecule has 2 rings (SSSR count). The highest BCUT2D eigenvalue weighted by Gasteiger charge is 2.15. The molecule has 0 heterocycles. The molecule has 0 radical (unpaired) electrons. The Hall–Kier alpha value is -1.65. The molecule has 0 amide bonds. The maximum Gasteiger partial charge on any atom is 0.294 e. The lowest BCUT2D eigenvalue weighted by molar-refractivity contribution is 0.481. The normalized spacial score (nSPS) is 10.8. The molecule has 4 heteroatoms. The van der Waals surface area contributed by atoms with Crippen molar-refractivity contribution in [2.45, 2.75) is 31.6 Å². The molecule has 0 aliphatic carbocycles. The quantitative estimate of drug-likeness (QED) is 0.849. The Labute approximate surface area is 121 Å². The lowest BCUT2D eigenvalue weighted by Crippen LogP contribution is -2.03. The molecule has 2 aromatic rings. The van der Waals surface area contributed by atoms with E-state index in [1.807, 2.05) is 32.0 Å². The molecule has 0 saturated heterocycles. The van der Waals surface area contributed by atoms with Gasteiger partial charge in [0.15, 0.2) is 0 Å². The molecule has 0 saturated carbocycles. The fourth-order valence-electron chi connectivity index (χ4n) is 1.73. The first-order valence-electron chi connectivity index (χ1n) is 6.40. The maximum absolute atomic E-state index is 10.9. The van der Waals surface area contributed by atoms with Crippen molar-refractivity contribution in [3.63, 3.8) is 0 Å². The topological polar surface area (TPSA) is 54.4 Å². The molecule has 0 spiro atoms. The van der Waals surface area contributed by atoms with Crippen LogP contribution in [-0.2, 0) is 10.1 Å². The number of benzene rings is 2. The van der Waals surface area contributed by atoms with E-state index in [1.165, 1.54) is 11.6 Å². The lowest BCUT2D eigenvalue weighted by Gasteiger charge is -2.09. The van der Waals surface area contributed by atoms with Crippen LogP contribution in [0.5, 0.6) is 0 Å². The number of aryl methyl sites for hydroxylation is 1. The summed E-state index contributed by atoms with van der Waals surface area (Å²) in [6.45, 7) is 5.84. The Morgan fingerprint density at radius 3 is 1.75 bits per heavy atom. The van der Waals surface area contributed by atoms with Crippen LogP contribution in [0.15, 0.2) is 59.5 Å². The van der Waals surface area contributed by atoms with E-state index >= 15 is 0 Å². The highest BCUT2D eigenvalue weighted by Crippen LogP contribution is 2.22. The van der Waals surface area contributed by atoms with Crippen LogP contribution in [0.1, 0.15) is 30.9 Å². The minimum Gasteiger partial charge on any atom is -0.282 e. The van der Waals surface area contributed by atoms with Crippen molar-refractivity contribution in [2.75, 3.05) is 0 Å². The van der Waals surface area contributed by atoms with Crippen molar-refractivity contribution >= 4 is 10.1 Å². The van der Waals surface area contributed by atoms with Crippen LogP contribution in [0.4, 0.5) is 0 Å². The van der Waals surface area contributed by atoms with E-state index in [9.17, 15) is 8.42 Å². The minimum atomic E-state index is -4.08. The Morgan fingerprint density at radius 1 is 0.900 bits per heavy atom. The van der Waals surface area contributed by atoms with E-state index in [2.05, 4.69) is 19.1 Å². The third-order valence-electron chi connectivity index (χ3n) is 2.76. The molecule has 1 N–H and O–H groups in total. The summed E-state index contributed by atoms with van der Waals surface area (Å²) < 4.78 is 30.7. The molecule has 2 aromatic carbocycles. The van der Waals surface area contributed by atoms with E-state index in [1.54, 1.807) is 18.2 Å². The lowest BCUT2D eigenvalue weighted by atomic mass is 10.0. The summed E-state index contributed by atoms with van der Waals surface area (Å²) in [5, 5.41) is 0. The van der Waals surface area contributed by atoms with Gasteiger partial charge in [-0.25, -0.2) is 0 Å². The maximum atomic E-state index is 10.9. The highest BCUT2D eigenvalue weighted by atomic mass is 32.2. The van der Waals surface area contributed by atoms with Crippen LogP contribution in [-0.4, -0.2) is 13.0 Å². The van der Waals surface area contributed by atoms with Crippen LogP contribution in [0.25, 0.3) is 0 Å². The van der Waals surface area contributed by atoms with Gasteiger partial charge in [0.25, 0.3) is 10.1 Å². The van der Waals surface area contributed by atoms with Gasteiger partial charge in [0.1, 0.15) is 0 Å². The molecule has 3 nitrogen and oxygen atoms in total. The Bertz CT molecular complexity index is 632. The first kappa shape index (κ1) is 16.4. The standard InChI is InChI=1S/C9H12O3S.C7H8/c1-7(2)8-5-3-4-6-9(8)13(10,11)12;1-7-5-3-2-4-6-7/h3-7H,1-2H3,(H,10,11,12);2-6H,1H3. The smallest absolute Gasteiger partial charge is 0.282 e. The minimum absolute atomic E-state index is 0.00463. The summed E-state index contributed by atoms with van der Waals surface area (Å²) in [4.78, 5) is 0.00463. The molecule has 0 aliphatic heterocycles. The van der Waals surface area contributed by atoms with Gasteiger partial charge in [-0.2, -0.15) is 8.42 Å². The average molecular weight is 292 g/mol. The van der Waals surface area contributed by atoms with E-state index in [0.717, 1.165) is 0 Å². The van der Waals surface area contributed by atoms with Crippen LogP contribution in [0.3, 0.4) is 0 Å². The molecular weight excluding hydrogens is 272 g/mol. The van der Waals surface area contributed by atoms with Crippen molar-refractivity contribution in [2.24, 2.45) is 0 Å². The third-order valence-corrected chi connectivity index (χ3v) is 3.69. The van der Waals surface area contributed by atoms with Gasteiger partial charge in [-0.1, -0.05) is 67.9 Å². The number of rotatable bonds is 2. The monoisotopic (exact) mass is 292 g/mol. The predicted octanol–water partition coefficient (Wildman–Crippen LogP) is 4.05. The first-order chi connectivity index (χ1) is 9.32. The second-order valence-electron chi connectivity index (χ2n) is 4.82. The van der Waals surface area contributed by atoms with Crippen molar-refractivity contribution < 1.29 is 13.0 Å². The molecule has 0 bridgehead atoms. The van der Waals surface area contributed by atoms with Gasteiger partial charge in [0.2, 0.25) is 0 Å². The zero-order valence-electron chi connectivity index (χ0n) is 11.9. The summed E-state index contributed by atoms with van der Waals surface area (Å²) in [6, 6.07) is 16.7. The second kappa shape index (κ2) is 7.22. The van der Waals surface area contributed by atoms with Crippen molar-refractivity contribution in [3.05, 3.63) is 65.7 Å². The van der Waals surface area contributed by atoms with Crippen LogP contribution in [0.2, 0.25) is 0 Å². The third kappa shape index (κ3) is 5.15. The Balaban J connectivity index is 0.000000240. The van der Waals surface area contributed by atoms with Gasteiger partial charge < -0.3 is 0 Å². The van der Waals surface area contributed by atoms with Gasteiger partial charge in [0.05, 0.1) is 4.90 Å². The molecule has 0 atom stereocenters. The van der Waals surface area contributed by atoms with E-state index in [0.29, 0.717) is 5.56 Å². The summed E-state index contributed by atoms with van der Waals surface area (Å²) in [5.74, 6) is 0.0816. The Morgan fingerprint density at radius 2 is 1.40 bits per heavy atom. The summed E-state index contributed by atoms with van der Waals surface area (Å²) >= 11 is 0. The van der Waals surface area contributed by atoms with Gasteiger partial charge in [-0.15, -0.1) is 0 Å². The number of hydrogen-bond acceptors (Lipinski definition) is 2. The van der Waals surface area contributed by atoms with Gasteiger partial charge >= 0.3 is 0 Å². The predicted molar refractivity (Wildman–Crippen MR) is 81.5 cm³/mol. The fourth-order valence-corrected chi connectivity index (χ4v) is 2.58. The molecule has 0 fully saturated rings. The molecule has 0 unspecified atom stereocenters. The second-order valence-corrected chi connectivity index (χ2v) is 6.21. The van der Waals surface area contributed by atoms with E-state index < -0.39 is 10.1 Å². The summed E-state index contributed by atoms with van der Waals surface area (Å²) in [7, 11) is -4.08. The van der Waals surface area contributed by atoms with Crippen molar-refractivity contribution in [1.29, 1.82) is 0 Å². The highest BCUT2D eigenvalue weighted by molar-refractivity contribution is 7.85. The zero-order chi connectivity index (χ0) is 15.2. The molecule has 108 valence electrons. The summed E-state index contributed by atoms with van der Waals surface area (Å²) in [5.41, 5.74) is 1.97. The van der Waals surface area contributed by atoms with Crippen LogP contribution < -0.4 is 0 Å². The molecule has 0 aliphatic rings. The summed E-state index contributed by atoms with van der Waals surface area (Å²) in [6.07, 6.45) is 0. The number of hydrogen-bond donors (Lipinski definition) is 1. The largest absolute Gasteiger partial charge is 0.294 e. The SMILES string of the molecule is CC(C)c1ccccc1S(=O)(=O)O.Cc1ccccc1. The molecular formula is C16H20O3S. The van der Waals surface area contributed by atoms with Gasteiger partial charge in [-0.3, -0.25) is 4.55 Å². The van der Waals surface area contributed by atoms with Crippen molar-refractivity contribution in [3.8, 4) is 0 Å². The van der Waals surface area contributed by atoms with Gasteiger partial charge in [-0.05, 0) is 24.5 Å².